The summed E-state index contributed by atoms with van der Waals surface area (Å²) in [6.07, 6.45) is 8.65. The van der Waals surface area contributed by atoms with Crippen molar-refractivity contribution in [2.45, 2.75) is 58.4 Å². The molecule has 0 aromatic carbocycles. The van der Waals surface area contributed by atoms with Gasteiger partial charge in [0, 0.05) is 38.4 Å². The summed E-state index contributed by atoms with van der Waals surface area (Å²) in [5.74, 6) is 1.09. The van der Waals surface area contributed by atoms with Crippen molar-refractivity contribution in [2.24, 2.45) is 11.3 Å². The minimum Gasteiger partial charge on any atom is -0.342 e. The van der Waals surface area contributed by atoms with Crippen LogP contribution in [0.3, 0.4) is 0 Å². The first-order valence-corrected chi connectivity index (χ1v) is 10.3. The van der Waals surface area contributed by atoms with Gasteiger partial charge in [0.25, 0.3) is 5.91 Å². The van der Waals surface area contributed by atoms with E-state index in [-0.39, 0.29) is 17.4 Å². The lowest BCUT2D eigenvalue weighted by Crippen LogP contribution is -2.52. The lowest BCUT2D eigenvalue weighted by atomic mass is 9.77. The van der Waals surface area contributed by atoms with Crippen LogP contribution >= 0.6 is 0 Å². The van der Waals surface area contributed by atoms with Gasteiger partial charge >= 0.3 is 0 Å². The molecule has 5 nitrogen and oxygen atoms in total. The molecule has 1 atom stereocenters. The molecular formula is C21H31N3O2. The summed E-state index contributed by atoms with van der Waals surface area (Å²) in [6, 6.07) is 4.10. The normalized spacial score (nSPS) is 26.8. The van der Waals surface area contributed by atoms with Crippen molar-refractivity contribution in [3.05, 3.63) is 24.0 Å². The number of likely N-dealkylation sites (tertiary alicyclic amines) is 2. The predicted octanol–water partition coefficient (Wildman–Crippen LogP) is 3.32. The van der Waals surface area contributed by atoms with Gasteiger partial charge in [-0.2, -0.15) is 0 Å². The second kappa shape index (κ2) is 6.75. The third-order valence-corrected chi connectivity index (χ3v) is 6.72. The lowest BCUT2D eigenvalue weighted by Gasteiger charge is -2.42. The summed E-state index contributed by atoms with van der Waals surface area (Å²) >= 11 is 0. The molecule has 0 N–H and O–H groups in total. The monoisotopic (exact) mass is 357 g/mol. The lowest BCUT2D eigenvalue weighted by molar-refractivity contribution is -0.146. The third-order valence-electron chi connectivity index (χ3n) is 6.72. The second-order valence-electron chi connectivity index (χ2n) is 8.80. The van der Waals surface area contributed by atoms with E-state index < -0.39 is 0 Å². The third kappa shape index (κ3) is 2.95. The first kappa shape index (κ1) is 17.6. The van der Waals surface area contributed by atoms with Crippen molar-refractivity contribution in [2.75, 3.05) is 26.2 Å². The van der Waals surface area contributed by atoms with Crippen molar-refractivity contribution in [1.82, 2.24) is 14.4 Å². The Morgan fingerprint density at radius 3 is 2.73 bits per heavy atom. The van der Waals surface area contributed by atoms with Crippen molar-refractivity contribution >= 4 is 11.8 Å². The standard InChI is InChI=1S/C21H31N3O2/c1-16(2)24-12-4-8-18(24)19(25)23-13-10-21(15-23)9-5-11-22(20(21)26)14-17-6-3-7-17/h4,8,12,16-17H,3,5-7,9-11,13-15H2,1-2H3. The van der Waals surface area contributed by atoms with E-state index in [2.05, 4.69) is 18.7 Å². The largest absolute Gasteiger partial charge is 0.342 e. The van der Waals surface area contributed by atoms with Crippen LogP contribution in [-0.2, 0) is 4.79 Å². The molecule has 2 aliphatic heterocycles. The van der Waals surface area contributed by atoms with E-state index in [1.54, 1.807) is 0 Å². The summed E-state index contributed by atoms with van der Waals surface area (Å²) in [5, 5.41) is 0. The summed E-state index contributed by atoms with van der Waals surface area (Å²) in [4.78, 5) is 30.3. The van der Waals surface area contributed by atoms with Crippen molar-refractivity contribution < 1.29 is 9.59 Å². The summed E-state index contributed by atoms with van der Waals surface area (Å²) < 4.78 is 2.03. The Kier molecular flexibility index (Phi) is 4.57. The van der Waals surface area contributed by atoms with E-state index in [1.165, 1.54) is 19.3 Å². The van der Waals surface area contributed by atoms with Crippen LogP contribution < -0.4 is 0 Å². The molecule has 0 radical (unpaired) electrons. The molecule has 4 rings (SSSR count). The maximum absolute atomic E-state index is 13.2. The van der Waals surface area contributed by atoms with Gasteiger partial charge < -0.3 is 14.4 Å². The minimum absolute atomic E-state index is 0.0736. The van der Waals surface area contributed by atoms with Crippen molar-refractivity contribution in [1.29, 1.82) is 0 Å². The van der Waals surface area contributed by atoms with Crippen LogP contribution in [0.4, 0.5) is 0 Å². The van der Waals surface area contributed by atoms with Gasteiger partial charge in [-0.05, 0) is 64.0 Å². The molecule has 26 heavy (non-hydrogen) atoms. The molecule has 1 aromatic heterocycles. The molecule has 2 saturated heterocycles. The molecule has 1 aromatic rings. The fraction of sp³-hybridized carbons (Fsp3) is 0.714. The number of nitrogens with zero attached hydrogens (tertiary/aromatic N) is 3. The zero-order valence-corrected chi connectivity index (χ0v) is 16.1. The Morgan fingerprint density at radius 2 is 2.04 bits per heavy atom. The SMILES string of the molecule is CC(C)n1cccc1C(=O)N1CCC2(CCCN(CC3CCC3)C2=O)C1. The number of carbonyl (C=O) groups is 2. The van der Waals surface area contributed by atoms with E-state index >= 15 is 0 Å². The molecule has 1 aliphatic carbocycles. The predicted molar refractivity (Wildman–Crippen MR) is 101 cm³/mol. The highest BCUT2D eigenvalue weighted by Crippen LogP contribution is 2.41. The number of aromatic nitrogens is 1. The maximum Gasteiger partial charge on any atom is 0.270 e. The zero-order valence-electron chi connectivity index (χ0n) is 16.1. The van der Waals surface area contributed by atoms with Crippen LogP contribution in [0.2, 0.25) is 0 Å². The molecule has 3 fully saturated rings. The van der Waals surface area contributed by atoms with Gasteiger partial charge in [0.15, 0.2) is 0 Å². The molecule has 1 saturated carbocycles. The van der Waals surface area contributed by atoms with Crippen LogP contribution in [0.15, 0.2) is 18.3 Å². The highest BCUT2D eigenvalue weighted by atomic mass is 16.2. The van der Waals surface area contributed by atoms with Gasteiger partial charge in [-0.15, -0.1) is 0 Å². The van der Waals surface area contributed by atoms with Crippen molar-refractivity contribution in [3.8, 4) is 0 Å². The van der Waals surface area contributed by atoms with E-state index in [4.69, 9.17) is 0 Å². The average Bonchev–Trinajstić information content (AvgIpc) is 3.22. The summed E-state index contributed by atoms with van der Waals surface area (Å²) in [7, 11) is 0. The van der Waals surface area contributed by atoms with Gasteiger partial charge in [-0.25, -0.2) is 0 Å². The van der Waals surface area contributed by atoms with Crippen LogP contribution in [0.25, 0.3) is 0 Å². The van der Waals surface area contributed by atoms with Gasteiger partial charge in [0.05, 0.1) is 5.41 Å². The second-order valence-corrected chi connectivity index (χ2v) is 8.80. The van der Waals surface area contributed by atoms with E-state index in [0.29, 0.717) is 24.9 Å². The Hall–Kier alpha value is -1.78. The molecule has 1 unspecified atom stereocenters. The molecule has 3 aliphatic rings. The van der Waals surface area contributed by atoms with E-state index in [0.717, 1.165) is 38.0 Å². The molecule has 1 spiro atoms. The van der Waals surface area contributed by atoms with Crippen molar-refractivity contribution in [3.63, 3.8) is 0 Å². The smallest absolute Gasteiger partial charge is 0.270 e. The number of rotatable bonds is 4. The van der Waals surface area contributed by atoms with Crippen LogP contribution in [0, 0.1) is 11.3 Å². The molecule has 142 valence electrons. The van der Waals surface area contributed by atoms with Gasteiger partial charge in [0.2, 0.25) is 5.91 Å². The maximum atomic E-state index is 13.2. The zero-order chi connectivity index (χ0) is 18.3. The summed E-state index contributed by atoms with van der Waals surface area (Å²) in [5.41, 5.74) is 0.416. The molecule has 2 amide bonds. The Bertz CT molecular complexity index is 691. The van der Waals surface area contributed by atoms with Crippen LogP contribution in [0.5, 0.6) is 0 Å². The topological polar surface area (TPSA) is 45.6 Å². The Balaban J connectivity index is 1.47. The van der Waals surface area contributed by atoms with Gasteiger partial charge in [0.1, 0.15) is 5.69 Å². The van der Waals surface area contributed by atoms with Crippen LogP contribution in [0.1, 0.15) is 68.9 Å². The van der Waals surface area contributed by atoms with Crippen LogP contribution in [-0.4, -0.2) is 52.4 Å². The van der Waals surface area contributed by atoms with Gasteiger partial charge in [-0.1, -0.05) is 6.42 Å². The molecule has 3 heterocycles. The first-order valence-electron chi connectivity index (χ1n) is 10.3. The minimum atomic E-state index is -0.326. The van der Waals surface area contributed by atoms with Gasteiger partial charge in [-0.3, -0.25) is 9.59 Å². The number of hydrogen-bond donors (Lipinski definition) is 0. The highest BCUT2D eigenvalue weighted by molar-refractivity contribution is 5.94. The number of amides is 2. The molecular weight excluding hydrogens is 326 g/mol. The average molecular weight is 357 g/mol. The number of carbonyl (C=O) groups excluding carboxylic acids is 2. The van der Waals surface area contributed by atoms with E-state index in [9.17, 15) is 9.59 Å². The molecule has 0 bridgehead atoms. The fourth-order valence-electron chi connectivity index (χ4n) is 4.93. The summed E-state index contributed by atoms with van der Waals surface area (Å²) in [6.45, 7) is 7.31. The number of hydrogen-bond acceptors (Lipinski definition) is 2. The first-order chi connectivity index (χ1) is 12.5. The molecule has 5 heteroatoms. The fourth-order valence-corrected chi connectivity index (χ4v) is 4.93. The highest BCUT2D eigenvalue weighted by Gasteiger charge is 2.50. The Morgan fingerprint density at radius 1 is 1.23 bits per heavy atom. The van der Waals surface area contributed by atoms with E-state index in [1.807, 2.05) is 27.8 Å². The quantitative estimate of drug-likeness (QED) is 0.830. The Labute approximate surface area is 156 Å². The number of piperidine rings is 1.